The molecule has 4 heteroatoms. The van der Waals surface area contributed by atoms with Crippen LogP contribution in [0.1, 0.15) is 25.0 Å². The maximum atomic E-state index is 11.1. The summed E-state index contributed by atoms with van der Waals surface area (Å²) in [5.74, 6) is 0. The molecule has 0 saturated heterocycles. The van der Waals surface area contributed by atoms with Crippen molar-refractivity contribution in [2.75, 3.05) is 19.3 Å². The lowest BCUT2D eigenvalue weighted by molar-refractivity contribution is 0.175. The molecule has 3 atom stereocenters. The molecule has 0 radical (unpaired) electrons. The summed E-state index contributed by atoms with van der Waals surface area (Å²) in [6.07, 6.45) is 2.12. The average molecular weight is 255 g/mol. The van der Waals surface area contributed by atoms with Crippen LogP contribution in [-0.2, 0) is 10.8 Å². The zero-order chi connectivity index (χ0) is 12.7. The molecular weight excluding hydrogens is 234 g/mol. The highest BCUT2D eigenvalue weighted by Gasteiger charge is 2.08. The Morgan fingerprint density at radius 1 is 1.35 bits per heavy atom. The molecule has 0 aliphatic heterocycles. The number of rotatable bonds is 7. The van der Waals surface area contributed by atoms with Crippen LogP contribution in [-0.4, -0.2) is 33.9 Å². The van der Waals surface area contributed by atoms with Crippen molar-refractivity contribution in [1.29, 1.82) is 0 Å². The van der Waals surface area contributed by atoms with E-state index in [0.29, 0.717) is 6.54 Å². The summed E-state index contributed by atoms with van der Waals surface area (Å²) < 4.78 is 11.1. The first kappa shape index (κ1) is 14.4. The fourth-order valence-corrected chi connectivity index (χ4v) is 1.95. The first-order valence-electron chi connectivity index (χ1n) is 5.87. The molecule has 0 aliphatic rings. The summed E-state index contributed by atoms with van der Waals surface area (Å²) in [7, 11) is -0.763. The van der Waals surface area contributed by atoms with E-state index in [1.54, 1.807) is 6.26 Å². The molecule has 3 unspecified atom stereocenters. The van der Waals surface area contributed by atoms with Gasteiger partial charge in [-0.2, -0.15) is 0 Å². The number of hydrogen-bond acceptors (Lipinski definition) is 3. The Balaban J connectivity index is 2.21. The second-order valence-electron chi connectivity index (χ2n) is 4.23. The minimum Gasteiger partial charge on any atom is -0.387 e. The summed E-state index contributed by atoms with van der Waals surface area (Å²) in [6, 6.07) is 9.59. The van der Waals surface area contributed by atoms with Gasteiger partial charge in [-0.05, 0) is 18.5 Å². The zero-order valence-electron chi connectivity index (χ0n) is 10.4. The van der Waals surface area contributed by atoms with Gasteiger partial charge in [0.2, 0.25) is 0 Å². The van der Waals surface area contributed by atoms with Gasteiger partial charge in [0.1, 0.15) is 0 Å². The van der Waals surface area contributed by atoms with E-state index in [2.05, 4.69) is 5.32 Å². The molecule has 0 saturated carbocycles. The van der Waals surface area contributed by atoms with Crippen molar-refractivity contribution >= 4 is 10.8 Å². The van der Waals surface area contributed by atoms with Crippen LogP contribution >= 0.6 is 0 Å². The third kappa shape index (κ3) is 5.44. The fraction of sp³-hybridized carbons (Fsp3) is 0.538. The SMILES string of the molecule is CC(CCNCC(O)c1ccccc1)S(C)=O. The summed E-state index contributed by atoms with van der Waals surface area (Å²) in [6.45, 7) is 3.29. The summed E-state index contributed by atoms with van der Waals surface area (Å²) in [4.78, 5) is 0. The Morgan fingerprint density at radius 2 is 2.00 bits per heavy atom. The van der Waals surface area contributed by atoms with Gasteiger partial charge >= 0.3 is 0 Å². The van der Waals surface area contributed by atoms with E-state index in [0.717, 1.165) is 18.5 Å². The maximum absolute atomic E-state index is 11.1. The number of nitrogens with one attached hydrogen (secondary N) is 1. The normalized spacial score (nSPS) is 16.4. The fourth-order valence-electron chi connectivity index (χ4n) is 1.50. The smallest absolute Gasteiger partial charge is 0.0914 e. The van der Waals surface area contributed by atoms with E-state index in [9.17, 15) is 9.32 Å². The van der Waals surface area contributed by atoms with Crippen molar-refractivity contribution in [3.63, 3.8) is 0 Å². The third-order valence-corrected chi connectivity index (χ3v) is 4.19. The first-order chi connectivity index (χ1) is 8.11. The maximum Gasteiger partial charge on any atom is 0.0914 e. The molecule has 0 aliphatic carbocycles. The highest BCUT2D eigenvalue weighted by atomic mass is 32.2. The number of hydrogen-bond donors (Lipinski definition) is 2. The van der Waals surface area contributed by atoms with Gasteiger partial charge in [-0.15, -0.1) is 0 Å². The molecule has 3 nitrogen and oxygen atoms in total. The zero-order valence-corrected chi connectivity index (χ0v) is 11.2. The van der Waals surface area contributed by atoms with Crippen molar-refractivity contribution in [1.82, 2.24) is 5.32 Å². The molecule has 0 heterocycles. The Kier molecular flexibility index (Phi) is 6.40. The predicted octanol–water partition coefficient (Wildman–Crippen LogP) is 1.47. The standard InChI is InChI=1S/C13H21NO2S/c1-11(17(2)16)8-9-14-10-13(15)12-6-4-3-5-7-12/h3-7,11,13-15H,8-10H2,1-2H3. The molecule has 96 valence electrons. The highest BCUT2D eigenvalue weighted by molar-refractivity contribution is 7.84. The average Bonchev–Trinajstić information content (AvgIpc) is 2.35. The van der Waals surface area contributed by atoms with E-state index in [-0.39, 0.29) is 5.25 Å². The first-order valence-corrected chi connectivity index (χ1v) is 7.49. The molecule has 2 N–H and O–H groups in total. The lowest BCUT2D eigenvalue weighted by Crippen LogP contribution is -2.25. The molecule has 1 rings (SSSR count). The van der Waals surface area contributed by atoms with Crippen LogP contribution in [0.5, 0.6) is 0 Å². The Labute approximate surface area is 106 Å². The number of aliphatic hydroxyl groups is 1. The summed E-state index contributed by atoms with van der Waals surface area (Å²) >= 11 is 0. The van der Waals surface area contributed by atoms with E-state index in [1.165, 1.54) is 0 Å². The number of benzene rings is 1. The van der Waals surface area contributed by atoms with Crippen LogP contribution in [0.3, 0.4) is 0 Å². The molecule has 0 aromatic heterocycles. The quantitative estimate of drug-likeness (QED) is 0.725. The van der Waals surface area contributed by atoms with Crippen LogP contribution in [0.4, 0.5) is 0 Å². The van der Waals surface area contributed by atoms with Gasteiger partial charge in [0.15, 0.2) is 0 Å². The molecule has 1 aromatic rings. The predicted molar refractivity (Wildman–Crippen MR) is 72.4 cm³/mol. The van der Waals surface area contributed by atoms with Crippen molar-refractivity contribution in [3.8, 4) is 0 Å². The van der Waals surface area contributed by atoms with E-state index >= 15 is 0 Å². The topological polar surface area (TPSA) is 49.3 Å². The molecule has 0 fully saturated rings. The van der Waals surface area contributed by atoms with Gasteiger partial charge in [0.05, 0.1) is 6.10 Å². The lowest BCUT2D eigenvalue weighted by Gasteiger charge is -2.13. The van der Waals surface area contributed by atoms with E-state index in [4.69, 9.17) is 0 Å². The summed E-state index contributed by atoms with van der Waals surface area (Å²) in [5.41, 5.74) is 0.923. The molecule has 17 heavy (non-hydrogen) atoms. The monoisotopic (exact) mass is 255 g/mol. The van der Waals surface area contributed by atoms with Gasteiger partial charge in [-0.3, -0.25) is 4.21 Å². The molecule has 0 spiro atoms. The third-order valence-electron chi connectivity index (χ3n) is 2.82. The minimum absolute atomic E-state index is 0.205. The van der Waals surface area contributed by atoms with Gasteiger partial charge in [-0.25, -0.2) is 0 Å². The van der Waals surface area contributed by atoms with E-state index < -0.39 is 16.9 Å². The second kappa shape index (κ2) is 7.58. The Hall–Kier alpha value is -0.710. The van der Waals surface area contributed by atoms with Crippen molar-refractivity contribution in [3.05, 3.63) is 35.9 Å². The van der Waals surface area contributed by atoms with Crippen molar-refractivity contribution in [2.24, 2.45) is 0 Å². The largest absolute Gasteiger partial charge is 0.387 e. The van der Waals surface area contributed by atoms with Crippen LogP contribution < -0.4 is 5.32 Å². The van der Waals surface area contributed by atoms with Gasteiger partial charge in [0.25, 0.3) is 0 Å². The van der Waals surface area contributed by atoms with Crippen molar-refractivity contribution < 1.29 is 9.32 Å². The van der Waals surface area contributed by atoms with Gasteiger partial charge in [-0.1, -0.05) is 37.3 Å². The van der Waals surface area contributed by atoms with Gasteiger partial charge < -0.3 is 10.4 Å². The summed E-state index contributed by atoms with van der Waals surface area (Å²) in [5, 5.41) is 13.3. The molecule has 0 amide bonds. The minimum atomic E-state index is -0.763. The molecule has 0 bridgehead atoms. The van der Waals surface area contributed by atoms with Crippen LogP contribution in [0, 0.1) is 0 Å². The Morgan fingerprint density at radius 3 is 2.59 bits per heavy atom. The Bertz CT molecular complexity index is 343. The van der Waals surface area contributed by atoms with Crippen molar-refractivity contribution in [2.45, 2.75) is 24.7 Å². The van der Waals surface area contributed by atoms with Gasteiger partial charge in [0, 0.05) is 28.9 Å². The number of aliphatic hydroxyl groups excluding tert-OH is 1. The molecule has 1 aromatic carbocycles. The highest BCUT2D eigenvalue weighted by Crippen LogP contribution is 2.10. The van der Waals surface area contributed by atoms with Crippen LogP contribution in [0.2, 0.25) is 0 Å². The second-order valence-corrected chi connectivity index (χ2v) is 6.03. The van der Waals surface area contributed by atoms with E-state index in [1.807, 2.05) is 37.3 Å². The molecular formula is C13H21NO2S. The van der Waals surface area contributed by atoms with Crippen LogP contribution in [0.15, 0.2) is 30.3 Å². The van der Waals surface area contributed by atoms with Crippen LogP contribution in [0.25, 0.3) is 0 Å². The lowest BCUT2D eigenvalue weighted by atomic mass is 10.1.